The number of rotatable bonds is 0. The van der Waals surface area contributed by atoms with Gasteiger partial charge >= 0.3 is 0 Å². The van der Waals surface area contributed by atoms with Crippen molar-refractivity contribution in [2.45, 2.75) is 6.42 Å². The van der Waals surface area contributed by atoms with Crippen LogP contribution in [0.5, 0.6) is 0 Å². The molecule has 58 valence electrons. The molecular formula is C8H16N2. The first-order chi connectivity index (χ1) is 4.86. The van der Waals surface area contributed by atoms with Gasteiger partial charge in [-0.1, -0.05) is 0 Å². The second-order valence-corrected chi connectivity index (χ2v) is 3.73. The first-order valence-corrected chi connectivity index (χ1v) is 4.25. The van der Waals surface area contributed by atoms with Crippen molar-refractivity contribution in [2.75, 3.05) is 33.2 Å². The Morgan fingerprint density at radius 1 is 1.30 bits per heavy atom. The highest BCUT2D eigenvalue weighted by Crippen LogP contribution is 2.26. The van der Waals surface area contributed by atoms with Crippen molar-refractivity contribution in [2.24, 2.45) is 11.8 Å². The maximum Gasteiger partial charge on any atom is 0.00220 e. The van der Waals surface area contributed by atoms with Crippen molar-refractivity contribution in [3.05, 3.63) is 0 Å². The minimum atomic E-state index is 0.957. The lowest BCUT2D eigenvalue weighted by Gasteiger charge is -2.24. The van der Waals surface area contributed by atoms with Crippen molar-refractivity contribution < 1.29 is 0 Å². The van der Waals surface area contributed by atoms with E-state index in [2.05, 4.69) is 17.3 Å². The van der Waals surface area contributed by atoms with Gasteiger partial charge in [-0.15, -0.1) is 0 Å². The van der Waals surface area contributed by atoms with Crippen molar-refractivity contribution in [1.82, 2.24) is 10.2 Å². The summed E-state index contributed by atoms with van der Waals surface area (Å²) in [5.74, 6) is 1.96. The van der Waals surface area contributed by atoms with Gasteiger partial charge in [0.05, 0.1) is 0 Å². The van der Waals surface area contributed by atoms with Gasteiger partial charge in [0.1, 0.15) is 0 Å². The summed E-state index contributed by atoms with van der Waals surface area (Å²) in [6.07, 6.45) is 1.40. The molecule has 0 radical (unpaired) electrons. The zero-order valence-corrected chi connectivity index (χ0v) is 6.64. The number of fused-ring (bicyclic) bond motifs is 1. The summed E-state index contributed by atoms with van der Waals surface area (Å²) >= 11 is 0. The molecule has 0 aliphatic carbocycles. The average Bonchev–Trinajstić information content (AvgIpc) is 2.27. The van der Waals surface area contributed by atoms with Gasteiger partial charge in [-0.3, -0.25) is 0 Å². The lowest BCUT2D eigenvalue weighted by molar-refractivity contribution is 0.318. The van der Waals surface area contributed by atoms with Crippen molar-refractivity contribution in [1.29, 1.82) is 0 Å². The highest BCUT2D eigenvalue weighted by Gasteiger charge is 2.31. The summed E-state index contributed by atoms with van der Waals surface area (Å²) < 4.78 is 0. The number of nitrogens with zero attached hydrogens (tertiary/aromatic N) is 1. The molecule has 2 fully saturated rings. The first kappa shape index (κ1) is 6.62. The summed E-state index contributed by atoms with van der Waals surface area (Å²) in [4.78, 5) is 2.46. The molecule has 2 atom stereocenters. The van der Waals surface area contributed by atoms with Gasteiger partial charge in [-0.05, 0) is 38.4 Å². The van der Waals surface area contributed by atoms with E-state index < -0.39 is 0 Å². The third kappa shape index (κ3) is 1.06. The standard InChI is InChI=1S/C8H16N2/c1-10-5-7-2-3-9-4-8(7)6-10/h7-9H,2-6H2,1H3/t7-,8+/m0/s1. The molecule has 0 bridgehead atoms. The maximum absolute atomic E-state index is 3.45. The van der Waals surface area contributed by atoms with E-state index in [1.54, 1.807) is 0 Å². The Bertz CT molecular complexity index is 110. The number of nitrogens with one attached hydrogen (secondary N) is 1. The van der Waals surface area contributed by atoms with E-state index in [9.17, 15) is 0 Å². The molecule has 0 unspecified atom stereocenters. The third-order valence-corrected chi connectivity index (χ3v) is 2.86. The van der Waals surface area contributed by atoms with Gasteiger partial charge in [0.15, 0.2) is 0 Å². The molecule has 2 heteroatoms. The fourth-order valence-corrected chi connectivity index (χ4v) is 2.31. The normalized spacial score (nSPS) is 41.7. The predicted molar refractivity (Wildman–Crippen MR) is 42.0 cm³/mol. The molecule has 0 aromatic heterocycles. The van der Waals surface area contributed by atoms with E-state index in [-0.39, 0.29) is 0 Å². The van der Waals surface area contributed by atoms with Gasteiger partial charge in [-0.2, -0.15) is 0 Å². The van der Waals surface area contributed by atoms with E-state index in [4.69, 9.17) is 0 Å². The Balaban J connectivity index is 1.97. The Kier molecular flexibility index (Phi) is 1.66. The number of likely N-dealkylation sites (tertiary alicyclic amines) is 1. The largest absolute Gasteiger partial charge is 0.316 e. The van der Waals surface area contributed by atoms with Gasteiger partial charge < -0.3 is 10.2 Å². The van der Waals surface area contributed by atoms with Gasteiger partial charge in [0.25, 0.3) is 0 Å². The lowest BCUT2D eigenvalue weighted by Crippen LogP contribution is -2.35. The SMILES string of the molecule is CN1C[C@H]2CNCC[C@H]2C1. The van der Waals surface area contributed by atoms with Crippen LogP contribution >= 0.6 is 0 Å². The van der Waals surface area contributed by atoms with Crippen LogP contribution in [0, 0.1) is 11.8 Å². The van der Waals surface area contributed by atoms with Gasteiger partial charge in [-0.25, -0.2) is 0 Å². The van der Waals surface area contributed by atoms with Crippen LogP contribution < -0.4 is 5.32 Å². The molecule has 10 heavy (non-hydrogen) atoms. The Morgan fingerprint density at radius 2 is 2.10 bits per heavy atom. The maximum atomic E-state index is 3.45. The number of hydrogen-bond acceptors (Lipinski definition) is 2. The van der Waals surface area contributed by atoms with Crippen molar-refractivity contribution in [3.8, 4) is 0 Å². The van der Waals surface area contributed by atoms with Gasteiger partial charge in [0.2, 0.25) is 0 Å². The van der Waals surface area contributed by atoms with E-state index in [0.29, 0.717) is 0 Å². The zero-order chi connectivity index (χ0) is 6.97. The van der Waals surface area contributed by atoms with E-state index in [0.717, 1.165) is 11.8 Å². The van der Waals surface area contributed by atoms with Crippen LogP contribution in [0.3, 0.4) is 0 Å². The highest BCUT2D eigenvalue weighted by atomic mass is 15.1. The minimum Gasteiger partial charge on any atom is -0.316 e. The molecule has 2 nitrogen and oxygen atoms in total. The van der Waals surface area contributed by atoms with E-state index in [1.807, 2.05) is 0 Å². The summed E-state index contributed by atoms with van der Waals surface area (Å²) in [5, 5.41) is 3.45. The summed E-state index contributed by atoms with van der Waals surface area (Å²) in [6.45, 7) is 5.16. The fraction of sp³-hybridized carbons (Fsp3) is 1.00. The molecular weight excluding hydrogens is 124 g/mol. The Morgan fingerprint density at radius 3 is 2.90 bits per heavy atom. The first-order valence-electron chi connectivity index (χ1n) is 4.25. The fourth-order valence-electron chi connectivity index (χ4n) is 2.31. The molecule has 1 N–H and O–H groups in total. The number of piperidine rings is 1. The van der Waals surface area contributed by atoms with Gasteiger partial charge in [0, 0.05) is 13.1 Å². The summed E-state index contributed by atoms with van der Waals surface area (Å²) in [7, 11) is 2.23. The van der Waals surface area contributed by atoms with E-state index in [1.165, 1.54) is 32.6 Å². The topological polar surface area (TPSA) is 15.3 Å². The second-order valence-electron chi connectivity index (χ2n) is 3.73. The van der Waals surface area contributed by atoms with Crippen LogP contribution in [-0.4, -0.2) is 38.1 Å². The molecule has 2 saturated heterocycles. The highest BCUT2D eigenvalue weighted by molar-refractivity contribution is 4.86. The summed E-state index contributed by atoms with van der Waals surface area (Å²) in [5.41, 5.74) is 0. The molecule has 0 amide bonds. The third-order valence-electron chi connectivity index (χ3n) is 2.86. The van der Waals surface area contributed by atoms with Crippen LogP contribution in [0.15, 0.2) is 0 Å². The monoisotopic (exact) mass is 140 g/mol. The predicted octanol–water partition coefficient (Wildman–Crippen LogP) is 0.157. The van der Waals surface area contributed by atoms with Crippen LogP contribution in [0.4, 0.5) is 0 Å². The van der Waals surface area contributed by atoms with Crippen LogP contribution in [0.1, 0.15) is 6.42 Å². The molecule has 0 saturated carbocycles. The van der Waals surface area contributed by atoms with Crippen LogP contribution in [0.25, 0.3) is 0 Å². The smallest absolute Gasteiger partial charge is 0.00220 e. The molecule has 0 aromatic carbocycles. The van der Waals surface area contributed by atoms with Crippen LogP contribution in [0.2, 0.25) is 0 Å². The van der Waals surface area contributed by atoms with E-state index >= 15 is 0 Å². The van der Waals surface area contributed by atoms with Crippen molar-refractivity contribution in [3.63, 3.8) is 0 Å². The molecule has 2 aliphatic rings. The summed E-state index contributed by atoms with van der Waals surface area (Å²) in [6, 6.07) is 0. The minimum absolute atomic E-state index is 0.957. The molecule has 2 aliphatic heterocycles. The Hall–Kier alpha value is -0.0800. The van der Waals surface area contributed by atoms with Crippen LogP contribution in [-0.2, 0) is 0 Å². The van der Waals surface area contributed by atoms with Crippen molar-refractivity contribution >= 4 is 0 Å². The molecule has 0 spiro atoms. The molecule has 2 rings (SSSR count). The zero-order valence-electron chi connectivity index (χ0n) is 6.64. The lowest BCUT2D eigenvalue weighted by atomic mass is 9.90. The number of hydrogen-bond donors (Lipinski definition) is 1. The second kappa shape index (κ2) is 2.51. The quantitative estimate of drug-likeness (QED) is 0.515. The molecule has 0 aromatic rings. The Labute approximate surface area is 62.6 Å². The molecule has 2 heterocycles. The average molecular weight is 140 g/mol.